The zero-order valence-corrected chi connectivity index (χ0v) is 18.3. The number of phenolic OH excluding ortho intramolecular Hbond substituents is 1. The summed E-state index contributed by atoms with van der Waals surface area (Å²) in [5, 5.41) is 18.7. The van der Waals surface area contributed by atoms with Crippen LogP contribution in [-0.4, -0.2) is 15.8 Å². The molecule has 5 rings (SSSR count). The minimum Gasteiger partial charge on any atom is -0.506 e. The highest BCUT2D eigenvalue weighted by Crippen LogP contribution is 2.52. The van der Waals surface area contributed by atoms with Crippen molar-refractivity contribution >= 4 is 52.1 Å². The number of halogens is 4. The van der Waals surface area contributed by atoms with Crippen LogP contribution in [0.3, 0.4) is 0 Å². The highest BCUT2D eigenvalue weighted by atomic mass is 35.5. The summed E-state index contributed by atoms with van der Waals surface area (Å²) in [6, 6.07) is 16.3. The summed E-state index contributed by atoms with van der Waals surface area (Å²) in [5.74, 6) is 0.397. The van der Waals surface area contributed by atoms with E-state index in [1.165, 1.54) is 6.07 Å². The van der Waals surface area contributed by atoms with E-state index >= 15 is 0 Å². The van der Waals surface area contributed by atoms with E-state index in [-0.39, 0.29) is 16.8 Å². The molecule has 0 aliphatic carbocycles. The van der Waals surface area contributed by atoms with Crippen molar-refractivity contribution in [2.24, 2.45) is 5.10 Å². The number of fused-ring (bicyclic) bond motifs is 3. The van der Waals surface area contributed by atoms with Crippen molar-refractivity contribution in [3.63, 3.8) is 0 Å². The quantitative estimate of drug-likeness (QED) is 0.421. The number of benzene rings is 3. The normalized spacial score (nSPS) is 19.7. The lowest BCUT2D eigenvalue weighted by Gasteiger charge is -2.38. The van der Waals surface area contributed by atoms with E-state index in [4.69, 9.17) is 56.2 Å². The molecule has 3 aromatic carbocycles. The molecule has 0 radical (unpaired) electrons. The number of phenols is 1. The van der Waals surface area contributed by atoms with Gasteiger partial charge in [-0.05, 0) is 29.8 Å². The van der Waals surface area contributed by atoms with Gasteiger partial charge in [-0.1, -0.05) is 76.7 Å². The number of rotatable bonds is 2. The lowest BCUT2D eigenvalue weighted by Crippen LogP contribution is -2.34. The van der Waals surface area contributed by atoms with Gasteiger partial charge in [0.2, 0.25) is 6.23 Å². The van der Waals surface area contributed by atoms with Gasteiger partial charge in [0.05, 0.1) is 27.4 Å². The van der Waals surface area contributed by atoms with Gasteiger partial charge in [-0.15, -0.1) is 0 Å². The monoisotopic (exact) mass is 478 g/mol. The number of hydrogen-bond acceptors (Lipinski definition) is 4. The minimum atomic E-state index is -0.765. The molecule has 0 saturated heterocycles. The first-order valence-electron chi connectivity index (χ1n) is 9.17. The van der Waals surface area contributed by atoms with Crippen LogP contribution in [0.25, 0.3) is 0 Å². The lowest BCUT2D eigenvalue weighted by molar-refractivity contribution is -0.0202. The smallest absolute Gasteiger partial charge is 0.217 e. The maximum atomic E-state index is 10.6. The number of nitrogens with zero attached hydrogens (tertiary/aromatic N) is 2. The van der Waals surface area contributed by atoms with Crippen LogP contribution in [0.15, 0.2) is 59.7 Å². The standard InChI is InChI=1S/C22H14Cl4N2O2/c23-12-6-14-19-10-18(11-4-2-1-3-5-11)27-28(19)22(30-21(14)17(26)9-12)15-7-13(24)8-16(25)20(15)29/h1-9,19,22,29H,10H2/t19-,22-/m1/s1. The Morgan fingerprint density at radius 2 is 1.57 bits per heavy atom. The number of aromatic hydroxyl groups is 1. The summed E-state index contributed by atoms with van der Waals surface area (Å²) in [7, 11) is 0. The Morgan fingerprint density at radius 3 is 2.30 bits per heavy atom. The fourth-order valence-electron chi connectivity index (χ4n) is 3.90. The summed E-state index contributed by atoms with van der Waals surface area (Å²) >= 11 is 25.1. The minimum absolute atomic E-state index is 0.110. The van der Waals surface area contributed by atoms with E-state index in [0.717, 1.165) is 16.8 Å². The first-order valence-corrected chi connectivity index (χ1v) is 10.7. The maximum absolute atomic E-state index is 10.6. The highest BCUT2D eigenvalue weighted by molar-refractivity contribution is 6.36. The van der Waals surface area contributed by atoms with Crippen molar-refractivity contribution in [1.29, 1.82) is 0 Å². The lowest BCUT2D eigenvalue weighted by atomic mass is 9.95. The molecule has 0 spiro atoms. The Hall–Kier alpha value is -2.11. The third kappa shape index (κ3) is 3.28. The predicted molar refractivity (Wildman–Crippen MR) is 120 cm³/mol. The maximum Gasteiger partial charge on any atom is 0.217 e. The van der Waals surface area contributed by atoms with E-state index in [9.17, 15) is 5.11 Å². The summed E-state index contributed by atoms with van der Waals surface area (Å²) in [6.07, 6.45) is -0.138. The Labute approximate surface area is 193 Å². The molecular weight excluding hydrogens is 466 g/mol. The molecule has 2 heterocycles. The van der Waals surface area contributed by atoms with Crippen LogP contribution < -0.4 is 4.74 Å². The van der Waals surface area contributed by atoms with Crippen LogP contribution in [0.5, 0.6) is 11.5 Å². The van der Waals surface area contributed by atoms with Gasteiger partial charge in [0.15, 0.2) is 0 Å². The van der Waals surface area contributed by atoms with Crippen LogP contribution in [0.2, 0.25) is 20.1 Å². The largest absolute Gasteiger partial charge is 0.506 e. The van der Waals surface area contributed by atoms with Crippen LogP contribution in [0.4, 0.5) is 0 Å². The van der Waals surface area contributed by atoms with Crippen molar-refractivity contribution in [2.45, 2.75) is 18.7 Å². The molecule has 1 N–H and O–H groups in total. The average molecular weight is 480 g/mol. The van der Waals surface area contributed by atoms with Crippen molar-refractivity contribution < 1.29 is 9.84 Å². The molecule has 0 bridgehead atoms. The third-order valence-corrected chi connectivity index (χ3v) is 6.24. The van der Waals surface area contributed by atoms with Gasteiger partial charge in [-0.3, -0.25) is 0 Å². The average Bonchev–Trinajstić information content (AvgIpc) is 3.17. The molecule has 0 aromatic heterocycles. The van der Waals surface area contributed by atoms with Crippen molar-refractivity contribution in [1.82, 2.24) is 5.01 Å². The molecule has 8 heteroatoms. The Bertz CT molecular complexity index is 1180. The predicted octanol–water partition coefficient (Wildman–Crippen LogP) is 7.25. The van der Waals surface area contributed by atoms with E-state index in [1.807, 2.05) is 36.4 Å². The molecule has 0 amide bonds. The van der Waals surface area contributed by atoms with Crippen molar-refractivity contribution in [3.8, 4) is 11.5 Å². The molecular formula is C22H14Cl4N2O2. The topological polar surface area (TPSA) is 45.1 Å². The van der Waals surface area contributed by atoms with E-state index in [1.54, 1.807) is 17.1 Å². The van der Waals surface area contributed by atoms with Crippen LogP contribution in [0.1, 0.15) is 35.4 Å². The molecule has 0 unspecified atom stereocenters. The Balaban J connectivity index is 1.68. The molecule has 2 atom stereocenters. The fourth-order valence-corrected chi connectivity index (χ4v) is 4.96. The van der Waals surface area contributed by atoms with E-state index < -0.39 is 6.23 Å². The first kappa shape index (κ1) is 19.8. The second kappa shape index (κ2) is 7.54. The Morgan fingerprint density at radius 1 is 0.900 bits per heavy atom. The number of hydrazone groups is 1. The SMILES string of the molecule is Oc1c(Cl)cc(Cl)cc1[C@H]1Oc2c(Cl)cc(Cl)cc2[C@H]2CC(c3ccccc3)=NN21. The molecule has 152 valence electrons. The molecule has 2 aliphatic heterocycles. The zero-order valence-electron chi connectivity index (χ0n) is 15.3. The molecule has 4 nitrogen and oxygen atoms in total. The van der Waals surface area contributed by atoms with Gasteiger partial charge < -0.3 is 9.84 Å². The Kier molecular flexibility index (Phi) is 4.98. The molecule has 0 fully saturated rings. The fraction of sp³-hybridized carbons (Fsp3) is 0.136. The van der Waals surface area contributed by atoms with Gasteiger partial charge >= 0.3 is 0 Å². The van der Waals surface area contributed by atoms with Crippen LogP contribution in [0, 0.1) is 0 Å². The summed E-state index contributed by atoms with van der Waals surface area (Å²) in [4.78, 5) is 0. The van der Waals surface area contributed by atoms with Gasteiger partial charge in [0.1, 0.15) is 11.5 Å². The van der Waals surface area contributed by atoms with Crippen LogP contribution >= 0.6 is 46.4 Å². The molecule has 30 heavy (non-hydrogen) atoms. The second-order valence-corrected chi connectivity index (χ2v) is 8.80. The second-order valence-electron chi connectivity index (χ2n) is 7.11. The summed E-state index contributed by atoms with van der Waals surface area (Å²) in [5.41, 5.74) is 3.15. The number of ether oxygens (including phenoxy) is 1. The van der Waals surface area contributed by atoms with Crippen molar-refractivity contribution in [3.05, 3.63) is 91.4 Å². The van der Waals surface area contributed by atoms with E-state index in [2.05, 4.69) is 0 Å². The van der Waals surface area contributed by atoms with Gasteiger partial charge in [-0.25, -0.2) is 5.01 Å². The first-order chi connectivity index (χ1) is 14.4. The zero-order chi connectivity index (χ0) is 21.0. The van der Waals surface area contributed by atoms with Gasteiger partial charge in [0, 0.05) is 22.0 Å². The summed E-state index contributed by atoms with van der Waals surface area (Å²) in [6.45, 7) is 0. The molecule has 0 saturated carbocycles. The highest BCUT2D eigenvalue weighted by Gasteiger charge is 2.43. The third-order valence-electron chi connectivity index (χ3n) is 5.24. The van der Waals surface area contributed by atoms with Gasteiger partial charge in [-0.2, -0.15) is 5.10 Å². The van der Waals surface area contributed by atoms with Gasteiger partial charge in [0.25, 0.3) is 0 Å². The van der Waals surface area contributed by atoms with E-state index in [0.29, 0.717) is 32.8 Å². The molecule has 3 aromatic rings. The summed E-state index contributed by atoms with van der Waals surface area (Å²) < 4.78 is 6.24. The van der Waals surface area contributed by atoms with Crippen LogP contribution in [-0.2, 0) is 0 Å². The molecule has 2 aliphatic rings. The van der Waals surface area contributed by atoms with Crippen molar-refractivity contribution in [2.75, 3.05) is 0 Å². The number of hydrogen-bond donors (Lipinski definition) is 1.